The van der Waals surface area contributed by atoms with Gasteiger partial charge in [-0.15, -0.1) is 0 Å². The number of carbonyl (C=O) groups excluding carboxylic acids is 2. The molecular weight excluding hydrogens is 326 g/mol. The van der Waals surface area contributed by atoms with E-state index in [2.05, 4.69) is 0 Å². The quantitative estimate of drug-likeness (QED) is 0.799. The Morgan fingerprint density at radius 1 is 1.00 bits per heavy atom. The van der Waals surface area contributed by atoms with Crippen LogP contribution in [0.4, 0.5) is 0 Å². The van der Waals surface area contributed by atoms with Gasteiger partial charge in [-0.05, 0) is 24.6 Å². The summed E-state index contributed by atoms with van der Waals surface area (Å²) in [5.74, 6) is -0.677. The number of rotatable bonds is 4. The first kappa shape index (κ1) is 16.1. The molecule has 0 bridgehead atoms. The van der Waals surface area contributed by atoms with Crippen molar-refractivity contribution in [1.82, 2.24) is 4.31 Å². The first-order valence-corrected chi connectivity index (χ1v) is 8.76. The summed E-state index contributed by atoms with van der Waals surface area (Å²) in [5, 5.41) is 0. The first-order chi connectivity index (χ1) is 11.4. The summed E-state index contributed by atoms with van der Waals surface area (Å²) in [6.07, 6.45) is 0.547. The Bertz CT molecular complexity index is 929. The van der Waals surface area contributed by atoms with Gasteiger partial charge in [-0.2, -0.15) is 0 Å². The normalized spacial score (nSPS) is 15.0. The Hall–Kier alpha value is -2.73. The highest BCUT2D eigenvalue weighted by molar-refractivity contribution is 7.89. The van der Waals surface area contributed by atoms with Crippen molar-refractivity contribution in [1.29, 1.82) is 0 Å². The molecule has 3 rings (SSSR count). The van der Waals surface area contributed by atoms with Gasteiger partial charge < -0.3 is 0 Å². The van der Waals surface area contributed by atoms with Gasteiger partial charge in [0.1, 0.15) is 6.29 Å². The van der Waals surface area contributed by atoms with Crippen LogP contribution in [0.5, 0.6) is 0 Å². The van der Waals surface area contributed by atoms with Crippen LogP contribution in [0.1, 0.15) is 11.1 Å². The molecule has 0 saturated heterocycles. The van der Waals surface area contributed by atoms with Gasteiger partial charge in [-0.1, -0.05) is 48.0 Å². The molecule has 6 heteroatoms. The Morgan fingerprint density at radius 2 is 1.62 bits per heavy atom. The number of hydrogen-bond donors (Lipinski definition) is 0. The molecule has 0 spiro atoms. The van der Waals surface area contributed by atoms with Crippen LogP contribution in [-0.4, -0.2) is 31.5 Å². The van der Waals surface area contributed by atoms with E-state index < -0.39 is 15.9 Å². The third-order valence-electron chi connectivity index (χ3n) is 3.89. The van der Waals surface area contributed by atoms with E-state index in [0.717, 1.165) is 9.87 Å². The molecule has 0 aromatic heterocycles. The summed E-state index contributed by atoms with van der Waals surface area (Å²) in [6.45, 7) is 1.60. The van der Waals surface area contributed by atoms with E-state index in [1.54, 1.807) is 42.5 Å². The molecule has 2 aromatic carbocycles. The number of aryl methyl sites for hydroxylation is 1. The summed E-state index contributed by atoms with van der Waals surface area (Å²) >= 11 is 0. The number of nitrogens with zero attached hydrogens (tertiary/aromatic N) is 1. The molecule has 1 amide bonds. The minimum absolute atomic E-state index is 0.0287. The Morgan fingerprint density at radius 3 is 2.21 bits per heavy atom. The Kier molecular flexibility index (Phi) is 4.07. The number of sulfonamides is 1. The van der Waals surface area contributed by atoms with Crippen molar-refractivity contribution < 1.29 is 18.0 Å². The molecular formula is C18H15NO4S. The summed E-state index contributed by atoms with van der Waals surface area (Å²) in [7, 11) is -4.01. The zero-order valence-corrected chi connectivity index (χ0v) is 13.8. The zero-order chi connectivity index (χ0) is 17.3. The molecule has 24 heavy (non-hydrogen) atoms. The monoisotopic (exact) mass is 341 g/mol. The lowest BCUT2D eigenvalue weighted by Gasteiger charge is -2.17. The van der Waals surface area contributed by atoms with Crippen molar-refractivity contribution in [3.05, 3.63) is 71.3 Å². The summed E-state index contributed by atoms with van der Waals surface area (Å²) in [5.41, 5.74) is 1.76. The van der Waals surface area contributed by atoms with Gasteiger partial charge in [0.2, 0.25) is 0 Å². The van der Waals surface area contributed by atoms with Crippen molar-refractivity contribution in [3.8, 4) is 0 Å². The van der Waals surface area contributed by atoms with Crippen molar-refractivity contribution >= 4 is 27.8 Å². The fourth-order valence-corrected chi connectivity index (χ4v) is 3.96. The number of carbonyl (C=O) groups is 2. The second kappa shape index (κ2) is 6.05. The predicted octanol–water partition coefficient (Wildman–Crippen LogP) is 2.18. The van der Waals surface area contributed by atoms with E-state index in [9.17, 15) is 18.0 Å². The smallest absolute Gasteiger partial charge is 0.269 e. The van der Waals surface area contributed by atoms with Crippen LogP contribution in [0.3, 0.4) is 0 Å². The number of aldehydes is 1. The molecule has 0 saturated carbocycles. The summed E-state index contributed by atoms with van der Waals surface area (Å²) in [4.78, 5) is 24.1. The molecule has 2 aromatic rings. The largest absolute Gasteiger partial charge is 0.298 e. The molecule has 0 fully saturated rings. The van der Waals surface area contributed by atoms with E-state index >= 15 is 0 Å². The highest BCUT2D eigenvalue weighted by Crippen LogP contribution is 2.31. The summed E-state index contributed by atoms with van der Waals surface area (Å²) in [6, 6.07) is 14.9. The topological polar surface area (TPSA) is 71.5 Å². The minimum atomic E-state index is -4.01. The Balaban J connectivity index is 2.03. The van der Waals surface area contributed by atoms with E-state index in [1.807, 2.05) is 6.92 Å². The van der Waals surface area contributed by atoms with Gasteiger partial charge in [0, 0.05) is 5.57 Å². The maximum Gasteiger partial charge on any atom is 0.269 e. The third-order valence-corrected chi connectivity index (χ3v) is 5.63. The predicted molar refractivity (Wildman–Crippen MR) is 89.5 cm³/mol. The molecule has 0 N–H and O–H groups in total. The van der Waals surface area contributed by atoms with Crippen LogP contribution in [0.25, 0.3) is 5.57 Å². The molecule has 5 nitrogen and oxygen atoms in total. The molecule has 1 aliphatic rings. The standard InChI is InChI=1S/C18H15NO4S/c1-13-7-9-16(10-8-13)24(22,23)19-11-15(12-20)17(18(19)21)14-5-3-2-4-6-14/h2-10,12H,11H2,1H3. The van der Waals surface area contributed by atoms with Crippen LogP contribution >= 0.6 is 0 Å². The van der Waals surface area contributed by atoms with E-state index in [1.165, 1.54) is 12.1 Å². The second-order valence-electron chi connectivity index (χ2n) is 5.51. The zero-order valence-electron chi connectivity index (χ0n) is 13.0. The van der Waals surface area contributed by atoms with Gasteiger partial charge in [0.05, 0.1) is 17.0 Å². The fourth-order valence-electron chi connectivity index (χ4n) is 2.61. The fraction of sp³-hybridized carbons (Fsp3) is 0.111. The Labute approximate surface area is 140 Å². The lowest BCUT2D eigenvalue weighted by atomic mass is 10.0. The number of amides is 1. The molecule has 0 aliphatic carbocycles. The maximum absolute atomic E-state index is 12.8. The molecule has 1 aliphatic heterocycles. The highest BCUT2D eigenvalue weighted by atomic mass is 32.2. The van der Waals surface area contributed by atoms with Crippen LogP contribution in [0.2, 0.25) is 0 Å². The van der Waals surface area contributed by atoms with Crippen molar-refractivity contribution in [2.45, 2.75) is 11.8 Å². The minimum Gasteiger partial charge on any atom is -0.298 e. The van der Waals surface area contributed by atoms with Crippen molar-refractivity contribution in [2.75, 3.05) is 6.54 Å². The van der Waals surface area contributed by atoms with Crippen LogP contribution in [-0.2, 0) is 19.6 Å². The van der Waals surface area contributed by atoms with Crippen LogP contribution in [0, 0.1) is 6.92 Å². The highest BCUT2D eigenvalue weighted by Gasteiger charge is 2.39. The number of hydrogen-bond acceptors (Lipinski definition) is 4. The first-order valence-electron chi connectivity index (χ1n) is 7.32. The van der Waals surface area contributed by atoms with Crippen molar-refractivity contribution in [3.63, 3.8) is 0 Å². The van der Waals surface area contributed by atoms with Gasteiger partial charge >= 0.3 is 0 Å². The van der Waals surface area contributed by atoms with Crippen LogP contribution < -0.4 is 0 Å². The second-order valence-corrected chi connectivity index (χ2v) is 7.38. The molecule has 0 unspecified atom stereocenters. The van der Waals surface area contributed by atoms with Crippen molar-refractivity contribution in [2.24, 2.45) is 0 Å². The van der Waals surface area contributed by atoms with E-state index in [4.69, 9.17) is 0 Å². The van der Waals surface area contributed by atoms with Gasteiger partial charge in [-0.3, -0.25) is 9.59 Å². The average molecular weight is 341 g/mol. The summed E-state index contributed by atoms with van der Waals surface area (Å²) < 4.78 is 26.3. The van der Waals surface area contributed by atoms with E-state index in [0.29, 0.717) is 11.8 Å². The molecule has 122 valence electrons. The van der Waals surface area contributed by atoms with Crippen LogP contribution in [0.15, 0.2) is 65.1 Å². The average Bonchev–Trinajstić information content (AvgIpc) is 2.93. The van der Waals surface area contributed by atoms with Gasteiger partial charge in [0.15, 0.2) is 0 Å². The van der Waals surface area contributed by atoms with Gasteiger partial charge in [0.25, 0.3) is 15.9 Å². The SMILES string of the molecule is Cc1ccc(S(=O)(=O)N2CC(C=O)=C(c3ccccc3)C2=O)cc1. The lowest BCUT2D eigenvalue weighted by Crippen LogP contribution is -2.33. The molecule has 0 radical (unpaired) electrons. The molecule has 0 atom stereocenters. The molecule has 1 heterocycles. The third kappa shape index (κ3) is 2.65. The maximum atomic E-state index is 12.8. The van der Waals surface area contributed by atoms with E-state index in [-0.39, 0.29) is 22.6 Å². The van der Waals surface area contributed by atoms with Gasteiger partial charge in [-0.25, -0.2) is 12.7 Å². The lowest BCUT2D eigenvalue weighted by molar-refractivity contribution is -0.119. The number of benzene rings is 2.